The highest BCUT2D eigenvalue weighted by molar-refractivity contribution is 7.89. The van der Waals surface area contributed by atoms with Gasteiger partial charge in [0.25, 0.3) is 0 Å². The molecule has 0 amide bonds. The van der Waals surface area contributed by atoms with Gasteiger partial charge in [-0.2, -0.15) is 0 Å². The number of nitrogens with two attached hydrogens (primary N) is 1. The topological polar surface area (TPSA) is 63.4 Å². The Kier molecular flexibility index (Phi) is 4.78. The summed E-state index contributed by atoms with van der Waals surface area (Å²) in [7, 11) is -2.43. The molecule has 0 radical (unpaired) electrons. The van der Waals surface area contributed by atoms with Crippen LogP contribution in [0.1, 0.15) is 13.3 Å². The Bertz CT molecular complexity index is 518. The van der Waals surface area contributed by atoms with E-state index in [9.17, 15) is 17.2 Å². The molecule has 2 N–H and O–H groups in total. The second-order valence-electron chi connectivity index (χ2n) is 4.17. The highest BCUT2D eigenvalue weighted by atomic mass is 32.2. The third-order valence-electron chi connectivity index (χ3n) is 2.50. The van der Waals surface area contributed by atoms with Crippen LogP contribution in [-0.4, -0.2) is 32.4 Å². The largest absolute Gasteiger partial charge is 0.328 e. The first-order valence-electron chi connectivity index (χ1n) is 5.42. The summed E-state index contributed by atoms with van der Waals surface area (Å²) in [5, 5.41) is 0. The van der Waals surface area contributed by atoms with Crippen molar-refractivity contribution < 1.29 is 17.2 Å². The lowest BCUT2D eigenvalue weighted by Gasteiger charge is -2.18. The first kappa shape index (κ1) is 15.0. The molecule has 1 rings (SSSR count). The maximum Gasteiger partial charge on any atom is 0.242 e. The number of rotatable bonds is 5. The Hall–Kier alpha value is -1.05. The molecule has 1 aromatic carbocycles. The summed E-state index contributed by atoms with van der Waals surface area (Å²) in [5.74, 6) is -2.26. The highest BCUT2D eigenvalue weighted by Gasteiger charge is 2.22. The zero-order valence-corrected chi connectivity index (χ0v) is 11.0. The molecule has 0 saturated heterocycles. The van der Waals surface area contributed by atoms with Crippen molar-refractivity contribution in [1.82, 2.24) is 4.31 Å². The third-order valence-corrected chi connectivity index (χ3v) is 4.35. The maximum absolute atomic E-state index is 13.0. The van der Waals surface area contributed by atoms with Crippen LogP contribution in [0, 0.1) is 11.6 Å². The van der Waals surface area contributed by atoms with Gasteiger partial charge in [0, 0.05) is 19.6 Å². The zero-order valence-electron chi connectivity index (χ0n) is 10.2. The van der Waals surface area contributed by atoms with Crippen LogP contribution >= 0.6 is 0 Å². The molecule has 0 fully saturated rings. The Morgan fingerprint density at radius 1 is 1.33 bits per heavy atom. The van der Waals surface area contributed by atoms with Gasteiger partial charge in [-0.05, 0) is 31.5 Å². The lowest BCUT2D eigenvalue weighted by atomic mass is 10.2. The monoisotopic (exact) mass is 278 g/mol. The Morgan fingerprint density at radius 3 is 2.44 bits per heavy atom. The van der Waals surface area contributed by atoms with Crippen LogP contribution in [0.5, 0.6) is 0 Å². The fourth-order valence-corrected chi connectivity index (χ4v) is 2.52. The fourth-order valence-electron chi connectivity index (χ4n) is 1.32. The predicted molar refractivity (Wildman–Crippen MR) is 64.4 cm³/mol. The molecule has 0 aliphatic carbocycles. The number of benzene rings is 1. The molecular formula is C11H16F2N2O2S. The summed E-state index contributed by atoms with van der Waals surface area (Å²) in [6, 6.07) is 2.37. The van der Waals surface area contributed by atoms with Gasteiger partial charge in [0.15, 0.2) is 11.6 Å². The van der Waals surface area contributed by atoms with Crippen molar-refractivity contribution in [1.29, 1.82) is 0 Å². The minimum atomic E-state index is -3.80. The third kappa shape index (κ3) is 3.47. The van der Waals surface area contributed by atoms with Crippen LogP contribution < -0.4 is 5.73 Å². The van der Waals surface area contributed by atoms with Gasteiger partial charge in [-0.1, -0.05) is 0 Å². The van der Waals surface area contributed by atoms with Crippen LogP contribution in [0.25, 0.3) is 0 Å². The summed E-state index contributed by atoms with van der Waals surface area (Å²) >= 11 is 0. The standard InChI is InChI=1S/C11H16F2N2O2S/c1-8(14)5-6-15(2)18(16,17)9-3-4-10(12)11(13)7-9/h3-4,7-8H,5-6,14H2,1-2H3. The molecule has 0 spiro atoms. The van der Waals surface area contributed by atoms with Crippen molar-refractivity contribution in [2.24, 2.45) is 5.73 Å². The van der Waals surface area contributed by atoms with E-state index in [0.717, 1.165) is 16.4 Å². The van der Waals surface area contributed by atoms with Crippen molar-refractivity contribution in [2.45, 2.75) is 24.3 Å². The fraction of sp³-hybridized carbons (Fsp3) is 0.455. The van der Waals surface area contributed by atoms with E-state index in [2.05, 4.69) is 0 Å². The van der Waals surface area contributed by atoms with Crippen LogP contribution in [-0.2, 0) is 10.0 Å². The van der Waals surface area contributed by atoms with Crippen LogP contribution in [0.2, 0.25) is 0 Å². The average molecular weight is 278 g/mol. The molecule has 0 saturated carbocycles. The number of halogens is 2. The summed E-state index contributed by atoms with van der Waals surface area (Å²) in [4.78, 5) is -0.270. The molecule has 0 aliphatic heterocycles. The second kappa shape index (κ2) is 5.73. The van der Waals surface area contributed by atoms with Gasteiger partial charge in [0.05, 0.1) is 4.90 Å². The van der Waals surface area contributed by atoms with Gasteiger partial charge in [0.1, 0.15) is 0 Å². The second-order valence-corrected chi connectivity index (χ2v) is 6.21. The van der Waals surface area contributed by atoms with Crippen molar-refractivity contribution in [3.05, 3.63) is 29.8 Å². The smallest absolute Gasteiger partial charge is 0.242 e. The zero-order chi connectivity index (χ0) is 13.9. The Labute approximate surface area is 105 Å². The minimum Gasteiger partial charge on any atom is -0.328 e. The number of hydrogen-bond donors (Lipinski definition) is 1. The lowest BCUT2D eigenvalue weighted by Crippen LogP contribution is -2.31. The highest BCUT2D eigenvalue weighted by Crippen LogP contribution is 2.17. The van der Waals surface area contributed by atoms with Crippen LogP contribution in [0.3, 0.4) is 0 Å². The molecule has 0 aliphatic rings. The van der Waals surface area contributed by atoms with Gasteiger partial charge in [-0.25, -0.2) is 21.5 Å². The molecule has 0 aromatic heterocycles. The minimum absolute atomic E-state index is 0.132. The quantitative estimate of drug-likeness (QED) is 0.883. The normalized spacial score (nSPS) is 13.9. The van der Waals surface area contributed by atoms with E-state index < -0.39 is 21.7 Å². The van der Waals surface area contributed by atoms with E-state index in [4.69, 9.17) is 5.73 Å². The first-order chi connectivity index (χ1) is 8.25. The summed E-state index contributed by atoms with van der Waals surface area (Å²) in [6.07, 6.45) is 0.486. The molecular weight excluding hydrogens is 262 g/mol. The molecule has 102 valence electrons. The molecule has 1 atom stereocenters. The molecule has 1 aromatic rings. The van der Waals surface area contributed by atoms with Gasteiger partial charge in [-0.3, -0.25) is 0 Å². The lowest BCUT2D eigenvalue weighted by molar-refractivity contribution is 0.445. The molecule has 0 heterocycles. The van der Waals surface area contributed by atoms with Gasteiger partial charge in [0.2, 0.25) is 10.0 Å². The van der Waals surface area contributed by atoms with E-state index in [1.165, 1.54) is 7.05 Å². The average Bonchev–Trinajstić information content (AvgIpc) is 2.29. The summed E-state index contributed by atoms with van der Waals surface area (Å²) in [5.41, 5.74) is 5.54. The molecule has 0 bridgehead atoms. The van der Waals surface area contributed by atoms with Crippen molar-refractivity contribution >= 4 is 10.0 Å². The molecule has 18 heavy (non-hydrogen) atoms. The van der Waals surface area contributed by atoms with E-state index in [1.807, 2.05) is 0 Å². The summed E-state index contributed by atoms with van der Waals surface area (Å²) < 4.78 is 50.8. The van der Waals surface area contributed by atoms with E-state index in [0.29, 0.717) is 12.5 Å². The number of hydrogen-bond acceptors (Lipinski definition) is 3. The van der Waals surface area contributed by atoms with Gasteiger partial charge < -0.3 is 5.73 Å². The summed E-state index contributed by atoms with van der Waals surface area (Å²) in [6.45, 7) is 1.98. The van der Waals surface area contributed by atoms with E-state index >= 15 is 0 Å². The number of sulfonamides is 1. The SMILES string of the molecule is CC(N)CCN(C)S(=O)(=O)c1ccc(F)c(F)c1. The van der Waals surface area contributed by atoms with Crippen molar-refractivity contribution in [2.75, 3.05) is 13.6 Å². The molecule has 1 unspecified atom stereocenters. The van der Waals surface area contributed by atoms with Crippen LogP contribution in [0.15, 0.2) is 23.1 Å². The molecule has 4 nitrogen and oxygen atoms in total. The van der Waals surface area contributed by atoms with E-state index in [1.54, 1.807) is 6.92 Å². The molecule has 7 heteroatoms. The predicted octanol–water partition coefficient (Wildman–Crippen LogP) is 1.32. The number of nitrogens with zero attached hydrogens (tertiary/aromatic N) is 1. The van der Waals surface area contributed by atoms with Crippen LogP contribution in [0.4, 0.5) is 8.78 Å². The van der Waals surface area contributed by atoms with Crippen molar-refractivity contribution in [3.8, 4) is 0 Å². The van der Waals surface area contributed by atoms with Gasteiger partial charge >= 0.3 is 0 Å². The Balaban J connectivity index is 2.95. The van der Waals surface area contributed by atoms with Gasteiger partial charge in [-0.15, -0.1) is 0 Å². The maximum atomic E-state index is 13.0. The van der Waals surface area contributed by atoms with E-state index in [-0.39, 0.29) is 17.5 Å². The van der Waals surface area contributed by atoms with Crippen molar-refractivity contribution in [3.63, 3.8) is 0 Å². The first-order valence-corrected chi connectivity index (χ1v) is 6.86. The Morgan fingerprint density at radius 2 is 1.94 bits per heavy atom.